The number of nitrogens with two attached hydrogens (primary N) is 1. The highest BCUT2D eigenvalue weighted by atomic mass is 35.5. The number of likely N-dealkylation sites (tertiary alicyclic amines) is 1. The number of oxime groups is 1. The standard InChI is InChI=1S/C23H18ClF7N4O3/c1-10-4-11(2-3-14(10)19(36)33-13-8-35(9-13)20(32)37)17-7-21(38-34-17,23(29,30)31)15-5-12(22(26,27)28)6-16(24)18(15)25/h2-6,13H,7-9H2,1H3,(H2,32,37)(H,33,36). The third kappa shape index (κ3) is 4.84. The van der Waals surface area contributed by atoms with E-state index >= 15 is 0 Å². The molecule has 0 aromatic heterocycles. The normalized spacial score (nSPS) is 20.0. The quantitative estimate of drug-likeness (QED) is 0.516. The second-order valence-electron chi connectivity index (χ2n) is 8.89. The molecule has 0 spiro atoms. The first kappa shape index (κ1) is 27.5. The molecule has 204 valence electrons. The molecule has 3 N–H and O–H groups in total. The van der Waals surface area contributed by atoms with Crippen molar-refractivity contribution in [3.8, 4) is 0 Å². The van der Waals surface area contributed by atoms with Crippen LogP contribution in [-0.2, 0) is 16.6 Å². The van der Waals surface area contributed by atoms with Crippen LogP contribution in [0.3, 0.4) is 0 Å². The Kier molecular flexibility index (Phi) is 6.75. The van der Waals surface area contributed by atoms with Crippen molar-refractivity contribution in [2.45, 2.75) is 37.3 Å². The molecule has 2 aliphatic rings. The number of rotatable bonds is 4. The number of carbonyl (C=O) groups is 2. The van der Waals surface area contributed by atoms with Crippen LogP contribution in [0.5, 0.6) is 0 Å². The first-order chi connectivity index (χ1) is 17.5. The van der Waals surface area contributed by atoms with Gasteiger partial charge in [0.05, 0.1) is 28.8 Å². The van der Waals surface area contributed by atoms with Crippen molar-refractivity contribution in [1.82, 2.24) is 10.2 Å². The number of hydrogen-bond acceptors (Lipinski definition) is 4. The molecule has 0 radical (unpaired) electrons. The molecule has 1 saturated heterocycles. The minimum absolute atomic E-state index is 0.00561. The smallest absolute Gasteiger partial charge is 0.374 e. The van der Waals surface area contributed by atoms with E-state index in [1.54, 1.807) is 0 Å². The molecule has 2 aliphatic heterocycles. The topological polar surface area (TPSA) is 97.0 Å². The van der Waals surface area contributed by atoms with Gasteiger partial charge in [0, 0.05) is 24.2 Å². The zero-order chi connectivity index (χ0) is 28.2. The Balaban J connectivity index is 1.60. The molecule has 1 unspecified atom stereocenters. The van der Waals surface area contributed by atoms with Crippen LogP contribution >= 0.6 is 11.6 Å². The van der Waals surface area contributed by atoms with Crippen molar-refractivity contribution in [2.24, 2.45) is 10.9 Å². The van der Waals surface area contributed by atoms with E-state index in [1.807, 2.05) is 0 Å². The third-order valence-corrected chi connectivity index (χ3v) is 6.58. The zero-order valence-electron chi connectivity index (χ0n) is 19.3. The summed E-state index contributed by atoms with van der Waals surface area (Å²) in [5.74, 6) is -2.22. The number of urea groups is 1. The van der Waals surface area contributed by atoms with Crippen molar-refractivity contribution in [3.05, 3.63) is 69.0 Å². The molecule has 7 nitrogen and oxygen atoms in total. The lowest BCUT2D eigenvalue weighted by molar-refractivity contribution is -0.276. The first-order valence-corrected chi connectivity index (χ1v) is 11.3. The summed E-state index contributed by atoms with van der Waals surface area (Å²) in [6, 6.07) is 3.18. The highest BCUT2D eigenvalue weighted by molar-refractivity contribution is 6.30. The predicted octanol–water partition coefficient (Wildman–Crippen LogP) is 4.88. The van der Waals surface area contributed by atoms with Gasteiger partial charge in [-0.25, -0.2) is 9.18 Å². The van der Waals surface area contributed by atoms with Gasteiger partial charge in [-0.2, -0.15) is 26.3 Å². The summed E-state index contributed by atoms with van der Waals surface area (Å²) in [4.78, 5) is 29.6. The van der Waals surface area contributed by atoms with Crippen molar-refractivity contribution in [2.75, 3.05) is 13.1 Å². The van der Waals surface area contributed by atoms with Gasteiger partial charge in [-0.3, -0.25) is 4.79 Å². The van der Waals surface area contributed by atoms with Crippen LogP contribution in [-0.4, -0.2) is 47.9 Å². The molecule has 4 rings (SSSR count). The largest absolute Gasteiger partial charge is 0.435 e. The molecular formula is C23H18ClF7N4O3. The average Bonchev–Trinajstić information content (AvgIpc) is 3.23. The number of halogens is 8. The van der Waals surface area contributed by atoms with Gasteiger partial charge in [0.15, 0.2) is 0 Å². The van der Waals surface area contributed by atoms with E-state index in [2.05, 4.69) is 15.3 Å². The SMILES string of the molecule is Cc1cc(C2=NOC(c3cc(C(F)(F)F)cc(Cl)c3F)(C(F)(F)F)C2)ccc1C(=O)NC1CN(C(N)=O)C1. The van der Waals surface area contributed by atoms with E-state index < -0.39 is 58.3 Å². The summed E-state index contributed by atoms with van der Waals surface area (Å²) in [5, 5.41) is 4.96. The number of nitrogens with zero attached hydrogens (tertiary/aromatic N) is 2. The maximum Gasteiger partial charge on any atom is 0.435 e. The maximum atomic E-state index is 14.7. The van der Waals surface area contributed by atoms with Gasteiger partial charge in [0.1, 0.15) is 5.82 Å². The number of alkyl halides is 6. The molecule has 3 amide bonds. The van der Waals surface area contributed by atoms with Gasteiger partial charge in [0.2, 0.25) is 0 Å². The number of carbonyl (C=O) groups excluding carboxylic acids is 2. The Labute approximate surface area is 215 Å². The number of primary amides is 1. The van der Waals surface area contributed by atoms with Crippen molar-refractivity contribution >= 4 is 29.3 Å². The lowest BCUT2D eigenvalue weighted by Crippen LogP contribution is -2.62. The van der Waals surface area contributed by atoms with Crippen LogP contribution < -0.4 is 11.1 Å². The number of aryl methyl sites for hydroxylation is 1. The Morgan fingerprint density at radius 1 is 1.16 bits per heavy atom. The lowest BCUT2D eigenvalue weighted by Gasteiger charge is -2.38. The summed E-state index contributed by atoms with van der Waals surface area (Å²) < 4.78 is 97.2. The molecule has 1 atom stereocenters. The van der Waals surface area contributed by atoms with Gasteiger partial charge in [0.25, 0.3) is 11.5 Å². The van der Waals surface area contributed by atoms with Gasteiger partial charge < -0.3 is 20.8 Å². The molecule has 2 aromatic carbocycles. The third-order valence-electron chi connectivity index (χ3n) is 6.31. The molecule has 0 aliphatic carbocycles. The van der Waals surface area contributed by atoms with Crippen LogP contribution in [0.4, 0.5) is 35.5 Å². The Hall–Kier alpha value is -3.55. The number of benzene rings is 2. The Morgan fingerprint density at radius 3 is 2.37 bits per heavy atom. The van der Waals surface area contributed by atoms with E-state index in [0.29, 0.717) is 5.56 Å². The van der Waals surface area contributed by atoms with Crippen molar-refractivity contribution < 1.29 is 45.2 Å². The second-order valence-corrected chi connectivity index (χ2v) is 9.30. The van der Waals surface area contributed by atoms with E-state index in [9.17, 15) is 40.3 Å². The minimum Gasteiger partial charge on any atom is -0.374 e. The molecule has 0 bridgehead atoms. The van der Waals surface area contributed by atoms with Crippen LogP contribution in [0.15, 0.2) is 35.5 Å². The van der Waals surface area contributed by atoms with E-state index in [-0.39, 0.29) is 48.1 Å². The summed E-state index contributed by atoms with van der Waals surface area (Å²) in [6.45, 7) is 1.96. The molecule has 2 heterocycles. The van der Waals surface area contributed by atoms with E-state index in [4.69, 9.17) is 17.3 Å². The summed E-state index contributed by atoms with van der Waals surface area (Å²) in [6.07, 6.45) is -11.6. The summed E-state index contributed by atoms with van der Waals surface area (Å²) >= 11 is 5.51. The lowest BCUT2D eigenvalue weighted by atomic mass is 9.85. The maximum absolute atomic E-state index is 14.7. The molecule has 15 heteroatoms. The van der Waals surface area contributed by atoms with Gasteiger partial charge in [-0.1, -0.05) is 22.8 Å². The zero-order valence-corrected chi connectivity index (χ0v) is 20.1. The fourth-order valence-corrected chi connectivity index (χ4v) is 4.41. The average molecular weight is 567 g/mol. The summed E-state index contributed by atoms with van der Waals surface area (Å²) in [5.41, 5.74) is -1.22. The fraction of sp³-hybridized carbons (Fsp3) is 0.348. The van der Waals surface area contributed by atoms with Crippen molar-refractivity contribution in [1.29, 1.82) is 0 Å². The number of hydrogen-bond donors (Lipinski definition) is 2. The Bertz CT molecular complexity index is 1340. The summed E-state index contributed by atoms with van der Waals surface area (Å²) in [7, 11) is 0. The molecular weight excluding hydrogens is 549 g/mol. The number of amides is 3. The van der Waals surface area contributed by atoms with Crippen molar-refractivity contribution in [3.63, 3.8) is 0 Å². The highest BCUT2D eigenvalue weighted by Crippen LogP contribution is 2.51. The van der Waals surface area contributed by atoms with Crippen LogP contribution in [0.2, 0.25) is 5.02 Å². The Morgan fingerprint density at radius 2 is 1.82 bits per heavy atom. The molecule has 0 saturated carbocycles. The number of nitrogens with one attached hydrogen (secondary N) is 1. The molecule has 2 aromatic rings. The molecule has 38 heavy (non-hydrogen) atoms. The van der Waals surface area contributed by atoms with Crippen LogP contribution in [0.1, 0.15) is 39.0 Å². The van der Waals surface area contributed by atoms with E-state index in [0.717, 1.165) is 0 Å². The van der Waals surface area contributed by atoms with Gasteiger partial charge >= 0.3 is 18.4 Å². The van der Waals surface area contributed by atoms with Crippen LogP contribution in [0, 0.1) is 12.7 Å². The van der Waals surface area contributed by atoms with Gasteiger partial charge in [-0.05, 0) is 42.3 Å². The minimum atomic E-state index is -5.39. The van der Waals surface area contributed by atoms with Crippen LogP contribution in [0.25, 0.3) is 0 Å². The van der Waals surface area contributed by atoms with E-state index in [1.165, 1.54) is 30.0 Å². The second kappa shape index (κ2) is 9.33. The fourth-order valence-electron chi connectivity index (χ4n) is 4.19. The monoisotopic (exact) mass is 566 g/mol. The predicted molar refractivity (Wildman–Crippen MR) is 120 cm³/mol. The van der Waals surface area contributed by atoms with Gasteiger partial charge in [-0.15, -0.1) is 0 Å². The highest BCUT2D eigenvalue weighted by Gasteiger charge is 2.64. The first-order valence-electron chi connectivity index (χ1n) is 10.9. The molecule has 1 fully saturated rings.